The minimum atomic E-state index is -3.55. The van der Waals surface area contributed by atoms with Gasteiger partial charge in [0.15, 0.2) is 0 Å². The first-order valence-electron chi connectivity index (χ1n) is 10.8. The van der Waals surface area contributed by atoms with Crippen LogP contribution in [0.15, 0.2) is 82.8 Å². The zero-order valence-electron chi connectivity index (χ0n) is 18.3. The van der Waals surface area contributed by atoms with Crippen molar-refractivity contribution in [2.24, 2.45) is 0 Å². The minimum Gasteiger partial charge on any atom is -0.760 e. The van der Waals surface area contributed by atoms with Crippen molar-refractivity contribution >= 4 is 44.4 Å². The van der Waals surface area contributed by atoms with Crippen LogP contribution in [0.1, 0.15) is 28.7 Å². The van der Waals surface area contributed by atoms with Gasteiger partial charge in [-0.25, -0.2) is 17.9 Å². The third-order valence-corrected chi connectivity index (χ3v) is 9.49. The summed E-state index contributed by atoms with van der Waals surface area (Å²) in [5.74, 6) is -0.00150. The molecule has 4 rings (SSSR count). The van der Waals surface area contributed by atoms with E-state index >= 15 is 0 Å². The van der Waals surface area contributed by atoms with Gasteiger partial charge in [-0.15, -0.1) is 23.1 Å². The number of hydrogen-bond donors (Lipinski definition) is 3. The highest BCUT2D eigenvalue weighted by Crippen LogP contribution is 2.38. The molecular formula is C23H26N3O4S4-. The molecule has 182 valence electrons. The van der Waals surface area contributed by atoms with Crippen molar-refractivity contribution < 1.29 is 17.2 Å². The van der Waals surface area contributed by atoms with E-state index in [1.54, 1.807) is 29.2 Å². The number of allylic oxidation sites excluding steroid dienone is 1. The molecule has 1 aromatic heterocycles. The summed E-state index contributed by atoms with van der Waals surface area (Å²) in [4.78, 5) is 1.18. The fourth-order valence-corrected chi connectivity index (χ4v) is 7.38. The summed E-state index contributed by atoms with van der Waals surface area (Å²) in [6.07, 6.45) is 7.03. The number of nitrogens with one attached hydrogen (secondary N) is 3. The van der Waals surface area contributed by atoms with Crippen molar-refractivity contribution in [1.29, 1.82) is 0 Å². The maximum atomic E-state index is 13.0. The smallest absolute Gasteiger partial charge is 0.212 e. The van der Waals surface area contributed by atoms with E-state index in [9.17, 15) is 17.2 Å². The molecule has 2 aromatic rings. The Morgan fingerprint density at radius 1 is 1.21 bits per heavy atom. The van der Waals surface area contributed by atoms with Gasteiger partial charge < -0.3 is 9.87 Å². The van der Waals surface area contributed by atoms with E-state index in [0.29, 0.717) is 19.3 Å². The SMILES string of the molecule is O=S([O-])NC1C=CC(C[C@H](NS(=O)(=O)CCc2ccccc2)C2=CSC(c3cccs3)N2)=CC1. The largest absolute Gasteiger partial charge is 0.760 e. The third-order valence-electron chi connectivity index (χ3n) is 5.49. The fourth-order valence-electron chi connectivity index (χ4n) is 3.77. The van der Waals surface area contributed by atoms with Gasteiger partial charge in [0.25, 0.3) is 0 Å². The van der Waals surface area contributed by atoms with Crippen LogP contribution in [0.5, 0.6) is 0 Å². The topological polar surface area (TPSA) is 110 Å². The molecule has 1 aliphatic carbocycles. The molecular weight excluding hydrogens is 511 g/mol. The van der Waals surface area contributed by atoms with Gasteiger partial charge in [0.2, 0.25) is 10.0 Å². The molecule has 4 atom stereocenters. The Hall–Kier alpha value is -1.73. The second-order valence-electron chi connectivity index (χ2n) is 8.01. The molecule has 2 aliphatic rings. The predicted molar refractivity (Wildman–Crippen MR) is 139 cm³/mol. The normalized spacial score (nSPS) is 22.0. The van der Waals surface area contributed by atoms with E-state index in [0.717, 1.165) is 16.8 Å². The summed E-state index contributed by atoms with van der Waals surface area (Å²) >= 11 is 0.956. The average molecular weight is 537 g/mol. The quantitative estimate of drug-likeness (QED) is 0.379. The van der Waals surface area contributed by atoms with E-state index in [-0.39, 0.29) is 17.2 Å². The highest BCUT2D eigenvalue weighted by atomic mass is 32.2. The molecule has 11 heteroatoms. The highest BCUT2D eigenvalue weighted by molar-refractivity contribution is 8.02. The number of thiophene rings is 1. The van der Waals surface area contributed by atoms with Gasteiger partial charge in [0.1, 0.15) is 5.37 Å². The minimum absolute atomic E-state index is 0.00150. The first-order chi connectivity index (χ1) is 16.4. The summed E-state index contributed by atoms with van der Waals surface area (Å²) in [6, 6.07) is 12.9. The van der Waals surface area contributed by atoms with Crippen LogP contribution in [0.3, 0.4) is 0 Å². The Bertz CT molecular complexity index is 1180. The van der Waals surface area contributed by atoms with E-state index < -0.39 is 27.3 Å². The molecule has 0 amide bonds. The molecule has 2 heterocycles. The molecule has 0 spiro atoms. The standard InChI is InChI=1S/C23H27N3O4S4/c27-33(28)25-19-10-8-18(9-11-19)15-20(21-16-32-23(24-21)22-7-4-13-31-22)26-34(29,30)14-12-17-5-2-1-3-6-17/h1-10,13,16,19-20,23-26H,11-12,14-15H2,(H,27,28)/p-1/t19?,20-,23?/m0/s1. The molecule has 0 radical (unpaired) electrons. The molecule has 0 saturated heterocycles. The second kappa shape index (κ2) is 11.8. The zero-order chi connectivity index (χ0) is 24.0. The van der Waals surface area contributed by atoms with Crippen LogP contribution in [0, 0.1) is 0 Å². The summed E-state index contributed by atoms with van der Waals surface area (Å²) in [6.45, 7) is 0. The Morgan fingerprint density at radius 2 is 2.03 bits per heavy atom. The van der Waals surface area contributed by atoms with Crippen molar-refractivity contribution in [1.82, 2.24) is 14.8 Å². The summed E-state index contributed by atoms with van der Waals surface area (Å²) in [5, 5.41) is 7.55. The molecule has 1 aromatic carbocycles. The summed E-state index contributed by atoms with van der Waals surface area (Å²) in [5.41, 5.74) is 2.77. The van der Waals surface area contributed by atoms with Gasteiger partial charge in [0.05, 0.1) is 11.8 Å². The van der Waals surface area contributed by atoms with Crippen molar-refractivity contribution in [2.45, 2.75) is 36.7 Å². The summed E-state index contributed by atoms with van der Waals surface area (Å²) in [7, 11) is -3.55. The number of aryl methyl sites for hydroxylation is 1. The Labute approximate surface area is 211 Å². The first kappa shape index (κ1) is 25.4. The molecule has 3 N–H and O–H groups in total. The Balaban J connectivity index is 1.45. The van der Waals surface area contributed by atoms with Gasteiger partial charge in [-0.05, 0) is 41.7 Å². The number of thioether (sulfide) groups is 1. The fraction of sp³-hybridized carbons (Fsp3) is 0.304. The number of hydrogen-bond acceptors (Lipinski definition) is 7. The van der Waals surface area contributed by atoms with Crippen molar-refractivity contribution in [3.8, 4) is 0 Å². The monoisotopic (exact) mass is 536 g/mol. The lowest BCUT2D eigenvalue weighted by molar-refractivity contribution is 0.514. The van der Waals surface area contributed by atoms with Crippen molar-refractivity contribution in [3.63, 3.8) is 0 Å². The maximum absolute atomic E-state index is 13.0. The molecule has 1 aliphatic heterocycles. The number of benzene rings is 1. The highest BCUT2D eigenvalue weighted by Gasteiger charge is 2.28. The second-order valence-corrected chi connectivity index (χ2v) is 12.5. The van der Waals surface area contributed by atoms with E-state index in [1.807, 2.05) is 59.3 Å². The van der Waals surface area contributed by atoms with Gasteiger partial charge in [0, 0.05) is 27.9 Å². The molecule has 34 heavy (non-hydrogen) atoms. The molecule has 0 fully saturated rings. The van der Waals surface area contributed by atoms with Crippen LogP contribution in [-0.4, -0.2) is 35.0 Å². The van der Waals surface area contributed by atoms with Gasteiger partial charge in [-0.1, -0.05) is 60.2 Å². The van der Waals surface area contributed by atoms with Crippen molar-refractivity contribution in [2.75, 3.05) is 5.75 Å². The number of sulfonamides is 1. The average Bonchev–Trinajstić information content (AvgIpc) is 3.51. The third kappa shape index (κ3) is 7.38. The molecule has 0 bridgehead atoms. The lowest BCUT2D eigenvalue weighted by Crippen LogP contribution is -2.41. The Kier molecular flexibility index (Phi) is 8.81. The summed E-state index contributed by atoms with van der Waals surface area (Å²) < 4.78 is 53.2. The molecule has 7 nitrogen and oxygen atoms in total. The Morgan fingerprint density at radius 3 is 2.71 bits per heavy atom. The van der Waals surface area contributed by atoms with Crippen molar-refractivity contribution in [3.05, 3.63) is 93.2 Å². The van der Waals surface area contributed by atoms with Crippen LogP contribution in [0.25, 0.3) is 0 Å². The number of rotatable bonds is 11. The van der Waals surface area contributed by atoms with E-state index in [1.165, 1.54) is 4.88 Å². The maximum Gasteiger partial charge on any atom is 0.212 e. The van der Waals surface area contributed by atoms with E-state index in [2.05, 4.69) is 20.8 Å². The van der Waals surface area contributed by atoms with Crippen LogP contribution < -0.4 is 14.8 Å². The molecule has 0 saturated carbocycles. The first-order valence-corrected chi connectivity index (χ1v) is 15.3. The lowest BCUT2D eigenvalue weighted by Gasteiger charge is -2.24. The van der Waals surface area contributed by atoms with E-state index in [4.69, 9.17) is 0 Å². The van der Waals surface area contributed by atoms with Crippen LogP contribution >= 0.6 is 23.1 Å². The predicted octanol–water partition coefficient (Wildman–Crippen LogP) is 3.48. The van der Waals surface area contributed by atoms with Crippen LogP contribution in [0.2, 0.25) is 0 Å². The zero-order valence-corrected chi connectivity index (χ0v) is 21.5. The van der Waals surface area contributed by atoms with Crippen LogP contribution in [0.4, 0.5) is 0 Å². The lowest BCUT2D eigenvalue weighted by atomic mass is 9.97. The van der Waals surface area contributed by atoms with Crippen LogP contribution in [-0.2, 0) is 27.7 Å². The van der Waals surface area contributed by atoms with Gasteiger partial charge in [-0.2, -0.15) is 0 Å². The van der Waals surface area contributed by atoms with Gasteiger partial charge in [-0.3, -0.25) is 4.21 Å². The molecule has 3 unspecified atom stereocenters. The van der Waals surface area contributed by atoms with Gasteiger partial charge >= 0.3 is 0 Å².